The Hall–Kier alpha value is -4.42. The minimum absolute atomic E-state index is 0.134. The second-order valence-electron chi connectivity index (χ2n) is 12.6. The number of piperidine rings is 1. The number of anilines is 5. The van der Waals surface area contributed by atoms with E-state index in [4.69, 9.17) is 26.3 Å². The summed E-state index contributed by atoms with van der Waals surface area (Å²) in [4.78, 5) is 17.4. The fourth-order valence-corrected chi connectivity index (χ4v) is 8.29. The van der Waals surface area contributed by atoms with E-state index >= 15 is 0 Å². The summed E-state index contributed by atoms with van der Waals surface area (Å²) in [5.41, 5.74) is 2.85. The number of halogens is 1. The van der Waals surface area contributed by atoms with Crippen LogP contribution in [-0.4, -0.2) is 87.7 Å². The van der Waals surface area contributed by atoms with Crippen LogP contribution in [0.1, 0.15) is 12.8 Å². The van der Waals surface area contributed by atoms with Gasteiger partial charge in [0.2, 0.25) is 15.8 Å². The Bertz CT molecular complexity index is 2050. The molecule has 4 aromatic carbocycles. The number of sulfone groups is 1. The number of para-hydroxylation sites is 1. The predicted molar refractivity (Wildman–Crippen MR) is 197 cm³/mol. The fourth-order valence-electron chi connectivity index (χ4n) is 6.69. The first-order valence-corrected chi connectivity index (χ1v) is 18.4. The average molecular weight is 698 g/mol. The largest absolute Gasteiger partial charge is 0.494 e. The Labute approximate surface area is 292 Å². The third kappa shape index (κ3) is 7.16. The molecule has 254 valence electrons. The highest BCUT2D eigenvalue weighted by atomic mass is 35.5. The van der Waals surface area contributed by atoms with Crippen LogP contribution in [0.2, 0.25) is 5.02 Å². The molecule has 0 bridgehead atoms. The molecule has 0 saturated carbocycles. The van der Waals surface area contributed by atoms with Crippen LogP contribution < -0.4 is 20.3 Å². The van der Waals surface area contributed by atoms with Crippen LogP contribution >= 0.6 is 11.6 Å². The smallest absolute Gasteiger partial charge is 0.229 e. The number of hydrogen-bond donors (Lipinski definition) is 2. The lowest BCUT2D eigenvalue weighted by atomic mass is 10.0. The van der Waals surface area contributed by atoms with Crippen molar-refractivity contribution in [2.75, 3.05) is 69.0 Å². The summed E-state index contributed by atoms with van der Waals surface area (Å²) in [5, 5.41) is 7.78. The number of nitrogens with zero attached hydrogens (tertiary/aromatic N) is 5. The van der Waals surface area contributed by atoms with E-state index in [1.807, 2.05) is 12.1 Å². The molecule has 49 heavy (non-hydrogen) atoms. The van der Waals surface area contributed by atoms with Crippen LogP contribution in [0.4, 0.5) is 28.8 Å². The first kappa shape index (κ1) is 33.1. The molecule has 10 nitrogen and oxygen atoms in total. The maximum absolute atomic E-state index is 13.7. The van der Waals surface area contributed by atoms with Gasteiger partial charge in [0, 0.05) is 67.5 Å². The van der Waals surface area contributed by atoms with Crippen molar-refractivity contribution in [1.82, 2.24) is 19.8 Å². The second-order valence-corrected chi connectivity index (χ2v) is 14.9. The zero-order valence-electron chi connectivity index (χ0n) is 27.6. The Balaban J connectivity index is 1.14. The molecule has 2 saturated heterocycles. The number of likely N-dealkylation sites (N-methyl/N-ethyl adjacent to an activating group) is 1. The number of methoxy groups -OCH3 is 1. The van der Waals surface area contributed by atoms with Crippen LogP contribution in [-0.2, 0) is 9.84 Å². The van der Waals surface area contributed by atoms with E-state index in [9.17, 15) is 8.42 Å². The van der Waals surface area contributed by atoms with E-state index in [-0.39, 0.29) is 9.79 Å². The molecule has 0 atom stereocenters. The van der Waals surface area contributed by atoms with Gasteiger partial charge in [-0.15, -0.1) is 0 Å². The molecule has 2 aliphatic rings. The topological polar surface area (TPSA) is 103 Å². The maximum atomic E-state index is 13.7. The Kier molecular flexibility index (Phi) is 9.59. The van der Waals surface area contributed by atoms with Crippen molar-refractivity contribution in [3.05, 3.63) is 96.0 Å². The van der Waals surface area contributed by atoms with Crippen molar-refractivity contribution in [2.45, 2.75) is 28.7 Å². The Morgan fingerprint density at radius 3 is 2.29 bits per heavy atom. The summed E-state index contributed by atoms with van der Waals surface area (Å²) in [6, 6.07) is 27.3. The summed E-state index contributed by atoms with van der Waals surface area (Å²) in [6.07, 6.45) is 2.29. The number of nitrogens with one attached hydrogen (secondary N) is 2. The molecule has 0 spiro atoms. The molecule has 7 rings (SSSR count). The fraction of sp³-hybridized carbons (Fsp3) is 0.297. The number of rotatable bonds is 9. The third-order valence-electron chi connectivity index (χ3n) is 9.46. The summed E-state index contributed by atoms with van der Waals surface area (Å²) >= 11 is 6.40. The molecule has 0 aliphatic carbocycles. The van der Waals surface area contributed by atoms with Gasteiger partial charge in [-0.05, 0) is 74.5 Å². The van der Waals surface area contributed by atoms with E-state index in [1.54, 1.807) is 73.8 Å². The number of aromatic nitrogens is 2. The summed E-state index contributed by atoms with van der Waals surface area (Å²) in [7, 11) is 0.0415. The van der Waals surface area contributed by atoms with Crippen LogP contribution in [0.25, 0.3) is 10.9 Å². The quantitative estimate of drug-likeness (QED) is 0.170. The number of hydrogen-bond acceptors (Lipinski definition) is 10. The molecule has 3 heterocycles. The van der Waals surface area contributed by atoms with Gasteiger partial charge in [0.1, 0.15) is 11.6 Å². The molecule has 0 unspecified atom stereocenters. The monoisotopic (exact) mass is 697 g/mol. The van der Waals surface area contributed by atoms with Gasteiger partial charge < -0.3 is 25.2 Å². The highest BCUT2D eigenvalue weighted by Gasteiger charge is 2.27. The average Bonchev–Trinajstić information content (AvgIpc) is 3.13. The lowest BCUT2D eigenvalue weighted by molar-refractivity contribution is 0.0982. The van der Waals surface area contributed by atoms with Gasteiger partial charge in [0.25, 0.3) is 0 Å². The summed E-state index contributed by atoms with van der Waals surface area (Å²) in [6.45, 7) is 6.58. The SMILES string of the molecule is COc1cc(N2CCC(N3CCN(C)CC3)CC2)ccc1Nc1nc(Nc2ccccc2S(=O)(=O)c2ccccc2)c2cc(Cl)ccc2n1. The molecular weight excluding hydrogens is 658 g/mol. The van der Waals surface area contributed by atoms with E-state index in [2.05, 4.69) is 44.5 Å². The van der Waals surface area contributed by atoms with Crippen molar-refractivity contribution < 1.29 is 13.2 Å². The lowest BCUT2D eigenvalue weighted by Gasteiger charge is -2.42. The first-order chi connectivity index (χ1) is 23.8. The van der Waals surface area contributed by atoms with Crippen molar-refractivity contribution in [1.29, 1.82) is 0 Å². The zero-order chi connectivity index (χ0) is 34.0. The number of ether oxygens (including phenoxy) is 1. The third-order valence-corrected chi connectivity index (χ3v) is 11.5. The lowest BCUT2D eigenvalue weighted by Crippen LogP contribution is -2.52. The Morgan fingerprint density at radius 1 is 0.796 bits per heavy atom. The molecular formula is C37H40ClN7O3S. The van der Waals surface area contributed by atoms with Crippen LogP contribution in [0, 0.1) is 0 Å². The van der Waals surface area contributed by atoms with Gasteiger partial charge in [-0.1, -0.05) is 41.9 Å². The van der Waals surface area contributed by atoms with Crippen LogP contribution in [0.5, 0.6) is 5.75 Å². The Morgan fingerprint density at radius 2 is 1.53 bits per heavy atom. The van der Waals surface area contributed by atoms with Gasteiger partial charge in [0.15, 0.2) is 0 Å². The van der Waals surface area contributed by atoms with Crippen molar-refractivity contribution >= 4 is 61.2 Å². The highest BCUT2D eigenvalue weighted by molar-refractivity contribution is 7.91. The van der Waals surface area contributed by atoms with E-state index < -0.39 is 9.84 Å². The molecule has 2 aliphatic heterocycles. The minimum Gasteiger partial charge on any atom is -0.494 e. The van der Waals surface area contributed by atoms with E-state index in [0.717, 1.165) is 57.8 Å². The highest BCUT2D eigenvalue weighted by Crippen LogP contribution is 2.36. The zero-order valence-corrected chi connectivity index (χ0v) is 29.2. The molecule has 12 heteroatoms. The normalized spacial score (nSPS) is 16.5. The minimum atomic E-state index is -3.82. The standard InChI is InChI=1S/C37H40ClN7O3S/c1-43-20-22-45(23-21-43)27-16-18-44(19-17-27)28-13-15-32(34(25-28)48-2)41-37-40-31-14-12-26(38)24-30(31)36(42-37)39-33-10-6-7-11-35(33)49(46,47)29-8-4-3-5-9-29/h3-15,24-25,27H,16-23H2,1-2H3,(H2,39,40,41,42). The van der Waals surface area contributed by atoms with E-state index in [0.29, 0.717) is 50.9 Å². The van der Waals surface area contributed by atoms with Crippen molar-refractivity contribution in [2.24, 2.45) is 0 Å². The molecule has 5 aromatic rings. The van der Waals surface area contributed by atoms with Gasteiger partial charge in [-0.3, -0.25) is 4.90 Å². The van der Waals surface area contributed by atoms with Crippen molar-refractivity contribution in [3.63, 3.8) is 0 Å². The van der Waals surface area contributed by atoms with Crippen LogP contribution in [0.3, 0.4) is 0 Å². The molecule has 2 N–H and O–H groups in total. The van der Waals surface area contributed by atoms with Crippen LogP contribution in [0.15, 0.2) is 101 Å². The van der Waals surface area contributed by atoms with Gasteiger partial charge in [0.05, 0.1) is 33.8 Å². The molecule has 2 fully saturated rings. The number of benzene rings is 4. The first-order valence-electron chi connectivity index (χ1n) is 16.5. The summed E-state index contributed by atoms with van der Waals surface area (Å²) < 4.78 is 33.2. The molecule has 0 amide bonds. The van der Waals surface area contributed by atoms with Gasteiger partial charge >= 0.3 is 0 Å². The number of piperazine rings is 1. The number of fused-ring (bicyclic) bond motifs is 1. The van der Waals surface area contributed by atoms with Crippen molar-refractivity contribution in [3.8, 4) is 5.75 Å². The molecule has 1 aromatic heterocycles. The van der Waals surface area contributed by atoms with Gasteiger partial charge in [-0.2, -0.15) is 4.98 Å². The van der Waals surface area contributed by atoms with E-state index in [1.165, 1.54) is 0 Å². The summed E-state index contributed by atoms with van der Waals surface area (Å²) in [5.74, 6) is 1.40. The molecule has 0 radical (unpaired) electrons. The predicted octanol–water partition coefficient (Wildman–Crippen LogP) is 6.83. The van der Waals surface area contributed by atoms with Gasteiger partial charge in [-0.25, -0.2) is 13.4 Å². The second kappa shape index (κ2) is 14.2. The maximum Gasteiger partial charge on any atom is 0.229 e.